The van der Waals surface area contributed by atoms with E-state index in [1.165, 1.54) is 4.90 Å². The summed E-state index contributed by atoms with van der Waals surface area (Å²) in [6.45, 7) is 3.96. The number of rotatable bonds is 6. The van der Waals surface area contributed by atoms with E-state index >= 15 is 0 Å². The molecule has 1 aliphatic heterocycles. The van der Waals surface area contributed by atoms with E-state index in [0.29, 0.717) is 19.4 Å². The quantitative estimate of drug-likeness (QED) is 0.721. The van der Waals surface area contributed by atoms with Crippen molar-refractivity contribution < 1.29 is 24.2 Å². The molecule has 4 rings (SSSR count). The fraction of sp³-hybridized carbons (Fsp3) is 0.400. The minimum absolute atomic E-state index is 0.0342. The Balaban J connectivity index is 1.33. The Morgan fingerprint density at radius 2 is 1.72 bits per heavy atom. The molecule has 0 radical (unpaired) electrons. The van der Waals surface area contributed by atoms with Crippen molar-refractivity contribution in [3.8, 4) is 11.1 Å². The molecular weight excluding hydrogens is 408 g/mol. The van der Waals surface area contributed by atoms with E-state index in [-0.39, 0.29) is 25.0 Å². The van der Waals surface area contributed by atoms with Crippen molar-refractivity contribution in [1.82, 2.24) is 10.2 Å². The van der Waals surface area contributed by atoms with Crippen LogP contribution < -0.4 is 5.32 Å². The molecule has 2 aromatic carbocycles. The summed E-state index contributed by atoms with van der Waals surface area (Å²) in [6, 6.07) is 16.2. The number of carboxylic acid groups (broad SMARTS) is 1. The fourth-order valence-electron chi connectivity index (χ4n) is 4.78. The molecule has 2 amide bonds. The number of fused-ring (bicyclic) bond motifs is 3. The molecule has 0 saturated carbocycles. The molecule has 0 bridgehead atoms. The van der Waals surface area contributed by atoms with Crippen LogP contribution in [0.2, 0.25) is 0 Å². The number of likely N-dealkylation sites (tertiary alicyclic amines) is 1. The lowest BCUT2D eigenvalue weighted by atomic mass is 9.98. The second-order valence-corrected chi connectivity index (χ2v) is 8.78. The van der Waals surface area contributed by atoms with Crippen molar-refractivity contribution in [2.75, 3.05) is 19.7 Å². The highest BCUT2D eigenvalue weighted by Gasteiger charge is 2.46. The standard InChI is InChI=1S/C25H28N2O5/c1-16(22(28)27-13-7-12-25(27,2)23(29)30)14-26-24(31)32-15-21-19-10-5-3-8-17(19)18-9-4-6-11-20(18)21/h3-6,8-11,16,21H,7,12-15H2,1-2H3,(H,26,31)(H,29,30)/t16?,25-/m1/s1. The lowest BCUT2D eigenvalue weighted by molar-refractivity contribution is -0.156. The molecule has 1 unspecified atom stereocenters. The van der Waals surface area contributed by atoms with Crippen molar-refractivity contribution in [3.63, 3.8) is 0 Å². The minimum atomic E-state index is -1.19. The molecule has 1 fully saturated rings. The van der Waals surface area contributed by atoms with Crippen LogP contribution in [0.5, 0.6) is 0 Å². The van der Waals surface area contributed by atoms with Gasteiger partial charge >= 0.3 is 12.1 Å². The van der Waals surface area contributed by atoms with Crippen LogP contribution in [0.3, 0.4) is 0 Å². The Kier molecular flexibility index (Phi) is 5.91. The second-order valence-electron chi connectivity index (χ2n) is 8.78. The number of hydrogen-bond donors (Lipinski definition) is 2. The topological polar surface area (TPSA) is 95.9 Å². The first-order valence-electron chi connectivity index (χ1n) is 11.0. The van der Waals surface area contributed by atoms with Crippen LogP contribution in [-0.4, -0.2) is 53.2 Å². The van der Waals surface area contributed by atoms with Crippen LogP contribution in [0.1, 0.15) is 43.7 Å². The third-order valence-electron chi connectivity index (χ3n) is 6.69. The first kappa shape index (κ1) is 21.9. The minimum Gasteiger partial charge on any atom is -0.480 e. The summed E-state index contributed by atoms with van der Waals surface area (Å²) < 4.78 is 5.51. The number of aliphatic carboxylic acids is 1. The number of ether oxygens (including phenoxy) is 1. The van der Waals surface area contributed by atoms with Gasteiger partial charge in [0, 0.05) is 19.0 Å². The van der Waals surface area contributed by atoms with E-state index in [0.717, 1.165) is 22.3 Å². The van der Waals surface area contributed by atoms with Gasteiger partial charge in [-0.15, -0.1) is 0 Å². The van der Waals surface area contributed by atoms with Gasteiger partial charge in [-0.1, -0.05) is 55.5 Å². The second kappa shape index (κ2) is 8.65. The third-order valence-corrected chi connectivity index (χ3v) is 6.69. The molecule has 7 heteroatoms. The lowest BCUT2D eigenvalue weighted by Gasteiger charge is -2.33. The number of hydrogen-bond acceptors (Lipinski definition) is 4. The average molecular weight is 437 g/mol. The SMILES string of the molecule is CC(CNC(=O)OCC1c2ccccc2-c2ccccc21)C(=O)N1CCC[C@]1(C)C(=O)O. The summed E-state index contributed by atoms with van der Waals surface area (Å²) >= 11 is 0. The van der Waals surface area contributed by atoms with E-state index in [4.69, 9.17) is 4.74 Å². The number of carbonyl (C=O) groups excluding carboxylic acids is 2. The monoisotopic (exact) mass is 436 g/mol. The van der Waals surface area contributed by atoms with Crippen molar-refractivity contribution in [2.24, 2.45) is 5.92 Å². The van der Waals surface area contributed by atoms with Gasteiger partial charge in [0.1, 0.15) is 12.1 Å². The molecule has 0 aromatic heterocycles. The zero-order chi connectivity index (χ0) is 22.9. The van der Waals surface area contributed by atoms with Gasteiger partial charge in [0.25, 0.3) is 0 Å². The van der Waals surface area contributed by atoms with E-state index in [2.05, 4.69) is 29.6 Å². The van der Waals surface area contributed by atoms with Crippen molar-refractivity contribution >= 4 is 18.0 Å². The molecule has 1 heterocycles. The molecule has 2 aliphatic rings. The molecular formula is C25H28N2O5. The molecule has 32 heavy (non-hydrogen) atoms. The van der Waals surface area contributed by atoms with Gasteiger partial charge in [0.2, 0.25) is 5.91 Å². The van der Waals surface area contributed by atoms with Gasteiger partial charge < -0.3 is 20.1 Å². The van der Waals surface area contributed by atoms with Crippen molar-refractivity contribution in [3.05, 3.63) is 59.7 Å². The highest BCUT2D eigenvalue weighted by Crippen LogP contribution is 2.44. The summed E-state index contributed by atoms with van der Waals surface area (Å²) in [4.78, 5) is 38.2. The molecule has 2 N–H and O–H groups in total. The Morgan fingerprint density at radius 1 is 1.12 bits per heavy atom. The first-order chi connectivity index (χ1) is 15.3. The maximum atomic E-state index is 12.8. The predicted molar refractivity (Wildman–Crippen MR) is 119 cm³/mol. The van der Waals surface area contributed by atoms with E-state index < -0.39 is 23.5 Å². The fourth-order valence-corrected chi connectivity index (χ4v) is 4.78. The summed E-state index contributed by atoms with van der Waals surface area (Å²) in [5, 5.41) is 12.2. The van der Waals surface area contributed by atoms with Gasteiger partial charge in [-0.2, -0.15) is 0 Å². The summed E-state index contributed by atoms with van der Waals surface area (Å²) in [5.74, 6) is -1.85. The summed E-state index contributed by atoms with van der Waals surface area (Å²) in [6.07, 6.45) is 0.496. The maximum absolute atomic E-state index is 12.8. The zero-order valence-corrected chi connectivity index (χ0v) is 18.3. The maximum Gasteiger partial charge on any atom is 0.407 e. The number of nitrogens with one attached hydrogen (secondary N) is 1. The largest absolute Gasteiger partial charge is 0.480 e. The van der Waals surface area contributed by atoms with Gasteiger partial charge in [-0.3, -0.25) is 4.79 Å². The normalized spacial score (nSPS) is 20.4. The molecule has 0 spiro atoms. The number of alkyl carbamates (subject to hydrolysis) is 1. The average Bonchev–Trinajstić information content (AvgIpc) is 3.34. The lowest BCUT2D eigenvalue weighted by Crippen LogP contribution is -2.53. The number of carboxylic acids is 1. The Bertz CT molecular complexity index is 1010. The van der Waals surface area contributed by atoms with Gasteiger partial charge in [-0.05, 0) is 42.0 Å². The van der Waals surface area contributed by atoms with E-state index in [1.54, 1.807) is 13.8 Å². The van der Waals surface area contributed by atoms with E-state index in [9.17, 15) is 19.5 Å². The van der Waals surface area contributed by atoms with Crippen LogP contribution >= 0.6 is 0 Å². The Morgan fingerprint density at radius 3 is 2.31 bits per heavy atom. The van der Waals surface area contributed by atoms with Crippen LogP contribution in [0.25, 0.3) is 11.1 Å². The number of carbonyl (C=O) groups is 3. The summed E-state index contributed by atoms with van der Waals surface area (Å²) in [7, 11) is 0. The van der Waals surface area contributed by atoms with Crippen LogP contribution in [0, 0.1) is 5.92 Å². The molecule has 2 atom stereocenters. The van der Waals surface area contributed by atoms with Gasteiger partial charge in [-0.25, -0.2) is 9.59 Å². The zero-order valence-electron chi connectivity index (χ0n) is 18.3. The molecule has 2 aromatic rings. The molecule has 1 aliphatic carbocycles. The smallest absolute Gasteiger partial charge is 0.407 e. The molecule has 7 nitrogen and oxygen atoms in total. The highest BCUT2D eigenvalue weighted by molar-refractivity contribution is 5.88. The van der Waals surface area contributed by atoms with E-state index in [1.807, 2.05) is 24.3 Å². The molecule has 168 valence electrons. The van der Waals surface area contributed by atoms with Crippen LogP contribution in [-0.2, 0) is 14.3 Å². The van der Waals surface area contributed by atoms with Crippen molar-refractivity contribution in [2.45, 2.75) is 38.1 Å². The number of nitrogens with zero attached hydrogens (tertiary/aromatic N) is 1. The highest BCUT2D eigenvalue weighted by atomic mass is 16.5. The van der Waals surface area contributed by atoms with Crippen LogP contribution in [0.4, 0.5) is 4.79 Å². The number of benzene rings is 2. The van der Waals surface area contributed by atoms with Gasteiger partial charge in [0.15, 0.2) is 0 Å². The predicted octanol–water partition coefficient (Wildman–Crippen LogP) is 3.63. The van der Waals surface area contributed by atoms with Crippen molar-refractivity contribution in [1.29, 1.82) is 0 Å². The summed E-state index contributed by atoms with van der Waals surface area (Å²) in [5.41, 5.74) is 3.39. The number of amides is 2. The van der Waals surface area contributed by atoms with Gasteiger partial charge in [0.05, 0.1) is 5.92 Å². The first-order valence-corrected chi connectivity index (χ1v) is 11.0. The Labute approximate surface area is 187 Å². The Hall–Kier alpha value is -3.35. The molecule has 1 saturated heterocycles. The van der Waals surface area contributed by atoms with Crippen LogP contribution in [0.15, 0.2) is 48.5 Å². The third kappa shape index (κ3) is 3.83.